The number of carbonyl (C=O) groups is 3. The van der Waals surface area contributed by atoms with E-state index in [1.54, 1.807) is 31.2 Å². The Morgan fingerprint density at radius 2 is 1.60 bits per heavy atom. The summed E-state index contributed by atoms with van der Waals surface area (Å²) in [6.07, 6.45) is 1.03. The van der Waals surface area contributed by atoms with E-state index < -0.39 is 27.5 Å². The van der Waals surface area contributed by atoms with E-state index in [0.717, 1.165) is 16.0 Å². The molecule has 1 N–H and O–H groups in total. The van der Waals surface area contributed by atoms with Crippen LogP contribution < -0.4 is 5.32 Å². The number of urea groups is 1. The number of rotatable bonds is 7. The average Bonchev–Trinajstić information content (AvgIpc) is 3.07. The lowest BCUT2D eigenvalue weighted by Crippen LogP contribution is -2.53. The lowest BCUT2D eigenvalue weighted by Gasteiger charge is -2.34. The fourth-order valence-corrected chi connectivity index (χ4v) is 5.79. The molecule has 0 aliphatic carbocycles. The van der Waals surface area contributed by atoms with Crippen LogP contribution in [-0.2, 0) is 26.0 Å². The normalized spacial score (nSPS) is 21.3. The van der Waals surface area contributed by atoms with Crippen LogP contribution in [0, 0.1) is 6.92 Å². The number of amides is 4. The maximum Gasteiger partial charge on any atom is 0.325 e. The highest BCUT2D eigenvalue weighted by Gasteiger charge is 2.48. The van der Waals surface area contributed by atoms with Crippen LogP contribution in [-0.4, -0.2) is 78.6 Å². The van der Waals surface area contributed by atoms with Crippen molar-refractivity contribution in [2.24, 2.45) is 0 Å². The SMILES string of the molecule is Cc1ccc(S(=O)(=O)N2CCN(C(=O)CN3C(=O)N[C@](C)(CCc4ccccc4)C3=O)CC2)cc1. The van der Waals surface area contributed by atoms with E-state index >= 15 is 0 Å². The summed E-state index contributed by atoms with van der Waals surface area (Å²) < 4.78 is 27.1. The average molecular weight is 499 g/mol. The van der Waals surface area contributed by atoms with Crippen molar-refractivity contribution in [3.63, 3.8) is 0 Å². The standard InChI is InChI=1S/C25H30N4O5S/c1-19-8-10-21(11-9-19)35(33,34)28-16-14-27(15-17-28)22(30)18-29-23(31)25(2,26-24(29)32)13-12-20-6-4-3-5-7-20/h3-11H,12-18H2,1-2H3,(H,26,32)/t25-/m1/s1. The van der Waals surface area contributed by atoms with Crippen LogP contribution in [0.4, 0.5) is 4.79 Å². The van der Waals surface area contributed by atoms with Gasteiger partial charge >= 0.3 is 6.03 Å². The smallest absolute Gasteiger partial charge is 0.325 e. The van der Waals surface area contributed by atoms with Crippen molar-refractivity contribution in [3.05, 3.63) is 65.7 Å². The first-order chi connectivity index (χ1) is 16.6. The number of piperazine rings is 1. The van der Waals surface area contributed by atoms with Gasteiger partial charge in [-0.3, -0.25) is 14.5 Å². The molecule has 186 valence electrons. The molecular formula is C25H30N4O5S. The fraction of sp³-hybridized carbons (Fsp3) is 0.400. The largest absolute Gasteiger partial charge is 0.338 e. The number of aryl methyl sites for hydroxylation is 2. The molecule has 1 atom stereocenters. The number of benzene rings is 2. The Hall–Kier alpha value is -3.24. The zero-order valence-electron chi connectivity index (χ0n) is 19.9. The Labute approximate surface area is 205 Å². The van der Waals surface area contributed by atoms with Crippen molar-refractivity contribution in [2.75, 3.05) is 32.7 Å². The minimum absolute atomic E-state index is 0.150. The summed E-state index contributed by atoms with van der Waals surface area (Å²) >= 11 is 0. The summed E-state index contributed by atoms with van der Waals surface area (Å²) in [6, 6.07) is 15.8. The first-order valence-corrected chi connectivity index (χ1v) is 13.1. The fourth-order valence-electron chi connectivity index (χ4n) is 4.37. The molecule has 0 radical (unpaired) electrons. The van der Waals surface area contributed by atoms with Crippen LogP contribution in [0.5, 0.6) is 0 Å². The maximum absolute atomic E-state index is 13.0. The van der Waals surface area contributed by atoms with Crippen molar-refractivity contribution >= 4 is 27.9 Å². The molecule has 35 heavy (non-hydrogen) atoms. The Kier molecular flexibility index (Phi) is 6.95. The summed E-state index contributed by atoms with van der Waals surface area (Å²) in [4.78, 5) is 41.1. The second kappa shape index (κ2) is 9.79. The molecule has 2 aliphatic rings. The molecule has 2 aromatic carbocycles. The van der Waals surface area contributed by atoms with E-state index in [0.29, 0.717) is 12.8 Å². The van der Waals surface area contributed by atoms with E-state index in [4.69, 9.17) is 0 Å². The van der Waals surface area contributed by atoms with Gasteiger partial charge in [0.05, 0.1) is 4.90 Å². The Bertz CT molecular complexity index is 1210. The van der Waals surface area contributed by atoms with Gasteiger partial charge < -0.3 is 10.2 Å². The molecule has 4 rings (SSSR count). The zero-order valence-corrected chi connectivity index (χ0v) is 20.8. The van der Waals surface area contributed by atoms with Gasteiger partial charge in [0.25, 0.3) is 5.91 Å². The predicted octanol–water partition coefficient (Wildman–Crippen LogP) is 1.77. The minimum atomic E-state index is -3.65. The van der Waals surface area contributed by atoms with Gasteiger partial charge in [0.2, 0.25) is 15.9 Å². The number of sulfonamides is 1. The van der Waals surface area contributed by atoms with Crippen molar-refractivity contribution in [1.82, 2.24) is 19.4 Å². The third kappa shape index (κ3) is 5.23. The summed E-state index contributed by atoms with van der Waals surface area (Å²) in [5.41, 5.74) is 0.952. The molecule has 0 unspecified atom stereocenters. The summed E-state index contributed by atoms with van der Waals surface area (Å²) in [5.74, 6) is -0.805. The second-order valence-corrected chi connectivity index (χ2v) is 11.2. The zero-order chi connectivity index (χ0) is 25.2. The number of nitrogens with zero attached hydrogens (tertiary/aromatic N) is 3. The monoisotopic (exact) mass is 498 g/mol. The molecule has 2 saturated heterocycles. The lowest BCUT2D eigenvalue weighted by atomic mass is 9.93. The van der Waals surface area contributed by atoms with Crippen LogP contribution in [0.3, 0.4) is 0 Å². The van der Waals surface area contributed by atoms with Gasteiger partial charge in [-0.1, -0.05) is 48.0 Å². The van der Waals surface area contributed by atoms with Gasteiger partial charge in [-0.05, 0) is 44.4 Å². The first-order valence-electron chi connectivity index (χ1n) is 11.6. The molecule has 2 aliphatic heterocycles. The molecule has 0 spiro atoms. The van der Waals surface area contributed by atoms with Gasteiger partial charge in [0.15, 0.2) is 0 Å². The van der Waals surface area contributed by atoms with Crippen molar-refractivity contribution in [3.8, 4) is 0 Å². The van der Waals surface area contributed by atoms with Gasteiger partial charge in [-0.2, -0.15) is 4.31 Å². The predicted molar refractivity (Wildman–Crippen MR) is 130 cm³/mol. The third-order valence-electron chi connectivity index (χ3n) is 6.65. The molecule has 2 fully saturated rings. The Balaban J connectivity index is 1.33. The minimum Gasteiger partial charge on any atom is -0.338 e. The Morgan fingerprint density at radius 3 is 2.23 bits per heavy atom. The number of nitrogens with one attached hydrogen (secondary N) is 1. The molecule has 0 aromatic heterocycles. The molecule has 2 heterocycles. The van der Waals surface area contributed by atoms with Gasteiger partial charge in [0.1, 0.15) is 12.1 Å². The highest BCUT2D eigenvalue weighted by molar-refractivity contribution is 7.89. The van der Waals surface area contributed by atoms with Gasteiger partial charge in [0, 0.05) is 26.2 Å². The van der Waals surface area contributed by atoms with Crippen molar-refractivity contribution in [2.45, 2.75) is 37.1 Å². The lowest BCUT2D eigenvalue weighted by molar-refractivity contribution is -0.139. The number of imide groups is 1. The van der Waals surface area contributed by atoms with E-state index in [-0.39, 0.29) is 43.5 Å². The molecule has 9 nitrogen and oxygen atoms in total. The van der Waals surface area contributed by atoms with Gasteiger partial charge in [-0.25, -0.2) is 13.2 Å². The van der Waals surface area contributed by atoms with Crippen LogP contribution >= 0.6 is 0 Å². The van der Waals surface area contributed by atoms with E-state index in [1.807, 2.05) is 37.3 Å². The number of hydrogen-bond donors (Lipinski definition) is 1. The van der Waals surface area contributed by atoms with Crippen molar-refractivity contribution < 1.29 is 22.8 Å². The molecular weight excluding hydrogens is 468 g/mol. The van der Waals surface area contributed by atoms with Crippen LogP contribution in [0.2, 0.25) is 0 Å². The van der Waals surface area contributed by atoms with E-state index in [2.05, 4.69) is 5.32 Å². The number of carbonyl (C=O) groups excluding carboxylic acids is 3. The molecule has 0 bridgehead atoms. The molecule has 10 heteroatoms. The summed E-state index contributed by atoms with van der Waals surface area (Å²) in [7, 11) is -3.65. The summed E-state index contributed by atoms with van der Waals surface area (Å²) in [5, 5.41) is 2.74. The summed E-state index contributed by atoms with van der Waals surface area (Å²) in [6.45, 7) is 3.88. The molecule has 0 saturated carbocycles. The highest BCUT2D eigenvalue weighted by atomic mass is 32.2. The van der Waals surface area contributed by atoms with Gasteiger partial charge in [-0.15, -0.1) is 0 Å². The topological polar surface area (TPSA) is 107 Å². The highest BCUT2D eigenvalue weighted by Crippen LogP contribution is 2.24. The molecule has 4 amide bonds. The first kappa shape index (κ1) is 24.9. The number of hydrogen-bond acceptors (Lipinski definition) is 5. The third-order valence-corrected chi connectivity index (χ3v) is 8.56. The quantitative estimate of drug-likeness (QED) is 0.586. The molecule has 2 aromatic rings. The second-order valence-electron chi connectivity index (χ2n) is 9.24. The maximum atomic E-state index is 13.0. The van der Waals surface area contributed by atoms with E-state index in [1.165, 1.54) is 9.21 Å². The van der Waals surface area contributed by atoms with E-state index in [9.17, 15) is 22.8 Å². The van der Waals surface area contributed by atoms with Crippen molar-refractivity contribution in [1.29, 1.82) is 0 Å². The Morgan fingerprint density at radius 1 is 0.971 bits per heavy atom. The van der Waals surface area contributed by atoms with Crippen LogP contribution in [0.25, 0.3) is 0 Å². The van der Waals surface area contributed by atoms with Crippen LogP contribution in [0.15, 0.2) is 59.5 Å². The van der Waals surface area contributed by atoms with Crippen LogP contribution in [0.1, 0.15) is 24.5 Å².